The molecule has 8 heavy (non-hydrogen) atoms. The molecule has 2 N–H and O–H groups in total. The molecular formula is C5H6N2O. The van der Waals surface area contributed by atoms with Gasteiger partial charge in [0.1, 0.15) is 0 Å². The van der Waals surface area contributed by atoms with Gasteiger partial charge in [-0.1, -0.05) is 5.16 Å². The van der Waals surface area contributed by atoms with E-state index in [2.05, 4.69) is 10.1 Å². The second-order valence-electron chi connectivity index (χ2n) is 1.37. The van der Waals surface area contributed by atoms with Crippen molar-refractivity contribution < 1.29 is 5.21 Å². The van der Waals surface area contributed by atoms with E-state index in [0.29, 0.717) is 0 Å². The first kappa shape index (κ1) is 4.90. The third-order valence-electron chi connectivity index (χ3n) is 0.819. The van der Waals surface area contributed by atoms with Gasteiger partial charge in [-0.15, -0.1) is 0 Å². The zero-order chi connectivity index (χ0) is 5.82. The maximum absolute atomic E-state index is 7.99. The first-order chi connectivity index (χ1) is 3.93. The van der Waals surface area contributed by atoms with Crippen molar-refractivity contribution in [2.24, 2.45) is 5.16 Å². The molecule has 0 aliphatic carbocycles. The summed E-state index contributed by atoms with van der Waals surface area (Å²) in [5.41, 5.74) is 0.799. The highest BCUT2D eigenvalue weighted by Crippen LogP contribution is 1.87. The van der Waals surface area contributed by atoms with Crippen LogP contribution in [0.4, 0.5) is 0 Å². The minimum atomic E-state index is 0.799. The molecule has 0 amide bonds. The Hall–Kier alpha value is -1.25. The molecule has 1 aromatic rings. The third kappa shape index (κ3) is 0.872. The molecule has 3 heteroatoms. The first-order valence-electron chi connectivity index (χ1n) is 2.24. The molecule has 0 spiro atoms. The fraction of sp³-hybridized carbons (Fsp3) is 0. The summed E-state index contributed by atoms with van der Waals surface area (Å²) in [5.74, 6) is 0. The van der Waals surface area contributed by atoms with Gasteiger partial charge in [-0.3, -0.25) is 0 Å². The van der Waals surface area contributed by atoms with Crippen LogP contribution in [-0.4, -0.2) is 16.4 Å². The predicted molar refractivity (Wildman–Crippen MR) is 30.2 cm³/mol. The monoisotopic (exact) mass is 110 g/mol. The van der Waals surface area contributed by atoms with Crippen LogP contribution in [-0.2, 0) is 0 Å². The maximum Gasteiger partial charge on any atom is 0.0896 e. The average Bonchev–Trinajstić information content (AvgIpc) is 2.19. The summed E-state index contributed by atoms with van der Waals surface area (Å²) < 4.78 is 0. The summed E-state index contributed by atoms with van der Waals surface area (Å²) in [6.45, 7) is 0. The van der Waals surface area contributed by atoms with E-state index >= 15 is 0 Å². The van der Waals surface area contributed by atoms with Gasteiger partial charge in [0, 0.05) is 6.20 Å². The molecule has 0 atom stereocenters. The van der Waals surface area contributed by atoms with Crippen molar-refractivity contribution in [2.45, 2.75) is 0 Å². The lowest BCUT2D eigenvalue weighted by atomic mass is 10.5. The Balaban J connectivity index is 2.77. The molecular weight excluding hydrogens is 104 g/mol. The summed E-state index contributed by atoms with van der Waals surface area (Å²) in [4.78, 5) is 2.83. The van der Waals surface area contributed by atoms with Crippen molar-refractivity contribution in [3.63, 3.8) is 0 Å². The van der Waals surface area contributed by atoms with Gasteiger partial charge in [0.15, 0.2) is 0 Å². The van der Waals surface area contributed by atoms with Gasteiger partial charge >= 0.3 is 0 Å². The molecule has 1 aromatic heterocycles. The number of aromatic nitrogens is 1. The van der Waals surface area contributed by atoms with Crippen LogP contribution in [0.1, 0.15) is 5.69 Å². The zero-order valence-corrected chi connectivity index (χ0v) is 4.20. The lowest BCUT2D eigenvalue weighted by Gasteiger charge is -1.76. The average molecular weight is 110 g/mol. The Bertz CT molecular complexity index is 167. The Morgan fingerprint density at radius 1 is 1.75 bits per heavy atom. The Kier molecular flexibility index (Phi) is 1.32. The van der Waals surface area contributed by atoms with Gasteiger partial charge in [-0.05, 0) is 12.1 Å². The van der Waals surface area contributed by atoms with Crippen LogP contribution in [0.3, 0.4) is 0 Å². The molecule has 3 nitrogen and oxygen atoms in total. The van der Waals surface area contributed by atoms with Crippen LogP contribution in [0.5, 0.6) is 0 Å². The number of H-pyrrole nitrogens is 1. The quantitative estimate of drug-likeness (QED) is 0.314. The molecule has 0 bridgehead atoms. The van der Waals surface area contributed by atoms with Crippen molar-refractivity contribution in [2.75, 3.05) is 0 Å². The topological polar surface area (TPSA) is 48.4 Å². The van der Waals surface area contributed by atoms with E-state index in [0.717, 1.165) is 5.69 Å². The second kappa shape index (κ2) is 2.16. The number of rotatable bonds is 1. The van der Waals surface area contributed by atoms with Crippen LogP contribution in [0.2, 0.25) is 0 Å². The number of hydrogen-bond acceptors (Lipinski definition) is 2. The van der Waals surface area contributed by atoms with E-state index in [-0.39, 0.29) is 0 Å². The Morgan fingerprint density at radius 3 is 3.12 bits per heavy atom. The van der Waals surface area contributed by atoms with Gasteiger partial charge in [-0.2, -0.15) is 0 Å². The van der Waals surface area contributed by atoms with Crippen molar-refractivity contribution in [3.8, 4) is 0 Å². The molecule has 0 unspecified atom stereocenters. The standard InChI is InChI=1S/C5H6N2O/c8-7-4-5-2-1-3-6-5/h1-4,6,8H. The first-order valence-corrected chi connectivity index (χ1v) is 2.24. The molecule has 0 aliphatic rings. The normalized spacial score (nSPS) is 10.5. The van der Waals surface area contributed by atoms with Gasteiger partial charge < -0.3 is 10.2 Å². The van der Waals surface area contributed by atoms with E-state index in [9.17, 15) is 0 Å². The van der Waals surface area contributed by atoms with Gasteiger partial charge in [0.05, 0.1) is 11.9 Å². The summed E-state index contributed by atoms with van der Waals surface area (Å²) in [6, 6.07) is 3.64. The van der Waals surface area contributed by atoms with E-state index in [4.69, 9.17) is 5.21 Å². The van der Waals surface area contributed by atoms with Crippen LogP contribution in [0.25, 0.3) is 0 Å². The lowest BCUT2D eigenvalue weighted by molar-refractivity contribution is 0.321. The van der Waals surface area contributed by atoms with E-state index in [1.807, 2.05) is 6.07 Å². The van der Waals surface area contributed by atoms with Gasteiger partial charge in [0.2, 0.25) is 0 Å². The molecule has 1 heterocycles. The number of oxime groups is 1. The van der Waals surface area contributed by atoms with Crippen molar-refractivity contribution in [1.29, 1.82) is 0 Å². The highest BCUT2D eigenvalue weighted by molar-refractivity contribution is 5.76. The minimum Gasteiger partial charge on any atom is -0.411 e. The van der Waals surface area contributed by atoms with Gasteiger partial charge in [0.25, 0.3) is 0 Å². The maximum atomic E-state index is 7.99. The fourth-order valence-corrected chi connectivity index (χ4v) is 0.487. The molecule has 0 aliphatic heterocycles. The fourth-order valence-electron chi connectivity index (χ4n) is 0.487. The number of nitrogens with one attached hydrogen (secondary N) is 1. The highest BCUT2D eigenvalue weighted by Gasteiger charge is 1.80. The summed E-state index contributed by atoms with van der Waals surface area (Å²) in [5, 5.41) is 10.8. The number of nitrogens with zero attached hydrogens (tertiary/aromatic N) is 1. The molecule has 0 aromatic carbocycles. The molecule has 1 rings (SSSR count). The molecule has 42 valence electrons. The molecule has 0 saturated heterocycles. The number of aromatic amines is 1. The van der Waals surface area contributed by atoms with Crippen molar-refractivity contribution >= 4 is 6.21 Å². The van der Waals surface area contributed by atoms with Crippen molar-refractivity contribution in [1.82, 2.24) is 4.98 Å². The van der Waals surface area contributed by atoms with Crippen molar-refractivity contribution in [3.05, 3.63) is 24.0 Å². The minimum absolute atomic E-state index is 0.799. The largest absolute Gasteiger partial charge is 0.411 e. The van der Waals surface area contributed by atoms with Crippen LogP contribution in [0, 0.1) is 0 Å². The van der Waals surface area contributed by atoms with E-state index < -0.39 is 0 Å². The molecule has 0 fully saturated rings. The molecule has 0 radical (unpaired) electrons. The second-order valence-corrected chi connectivity index (χ2v) is 1.37. The van der Waals surface area contributed by atoms with Crippen LogP contribution < -0.4 is 0 Å². The summed E-state index contributed by atoms with van der Waals surface area (Å²) in [6.07, 6.45) is 3.09. The SMILES string of the molecule is ON=Cc1ccc[nH]1. The van der Waals surface area contributed by atoms with E-state index in [1.165, 1.54) is 6.21 Å². The smallest absolute Gasteiger partial charge is 0.0896 e. The van der Waals surface area contributed by atoms with Gasteiger partial charge in [-0.25, -0.2) is 0 Å². The van der Waals surface area contributed by atoms with Crippen LogP contribution in [0.15, 0.2) is 23.5 Å². The third-order valence-corrected chi connectivity index (χ3v) is 0.819. The molecule has 0 saturated carbocycles. The Morgan fingerprint density at radius 2 is 2.62 bits per heavy atom. The lowest BCUT2D eigenvalue weighted by Crippen LogP contribution is -1.76. The van der Waals surface area contributed by atoms with E-state index in [1.54, 1.807) is 12.3 Å². The Labute approximate surface area is 46.6 Å². The summed E-state index contributed by atoms with van der Waals surface area (Å²) >= 11 is 0. The van der Waals surface area contributed by atoms with Crippen LogP contribution >= 0.6 is 0 Å². The summed E-state index contributed by atoms with van der Waals surface area (Å²) in [7, 11) is 0. The number of hydrogen-bond donors (Lipinski definition) is 2. The zero-order valence-electron chi connectivity index (χ0n) is 4.20. The highest BCUT2D eigenvalue weighted by atomic mass is 16.4. The predicted octanol–water partition coefficient (Wildman–Crippen LogP) is 0.823.